The summed E-state index contributed by atoms with van der Waals surface area (Å²) in [6.07, 6.45) is 7.47. The predicted octanol–water partition coefficient (Wildman–Crippen LogP) is 2.60. The first-order valence-corrected chi connectivity index (χ1v) is 8.03. The topological polar surface area (TPSA) is 60.2 Å². The lowest BCUT2D eigenvalue weighted by Gasteiger charge is -2.18. The molecule has 2 fully saturated rings. The summed E-state index contributed by atoms with van der Waals surface area (Å²) < 4.78 is 11.1. The van der Waals surface area contributed by atoms with E-state index in [9.17, 15) is 0 Å². The molecule has 2 aliphatic rings. The van der Waals surface area contributed by atoms with E-state index < -0.39 is 0 Å². The zero-order valence-corrected chi connectivity index (χ0v) is 12.3. The molecular formula is C15H25N3O2. The van der Waals surface area contributed by atoms with Gasteiger partial charge in [0, 0.05) is 12.0 Å². The van der Waals surface area contributed by atoms with Crippen molar-refractivity contribution in [3.63, 3.8) is 0 Å². The fourth-order valence-electron chi connectivity index (χ4n) is 3.25. The van der Waals surface area contributed by atoms with Crippen LogP contribution in [0.2, 0.25) is 0 Å². The highest BCUT2D eigenvalue weighted by Crippen LogP contribution is 2.32. The van der Waals surface area contributed by atoms with Crippen LogP contribution in [-0.4, -0.2) is 35.9 Å². The highest BCUT2D eigenvalue weighted by Gasteiger charge is 2.34. The van der Waals surface area contributed by atoms with Gasteiger partial charge in [0.05, 0.1) is 19.1 Å². The largest absolute Gasteiger partial charge is 0.379 e. The monoisotopic (exact) mass is 279 g/mol. The van der Waals surface area contributed by atoms with Crippen molar-refractivity contribution >= 4 is 0 Å². The fraction of sp³-hybridized carbons (Fsp3) is 0.867. The van der Waals surface area contributed by atoms with Crippen molar-refractivity contribution in [2.75, 3.05) is 19.8 Å². The lowest BCUT2D eigenvalue weighted by atomic mass is 9.89. The summed E-state index contributed by atoms with van der Waals surface area (Å²) in [6, 6.07) is 0.314. The van der Waals surface area contributed by atoms with Gasteiger partial charge < -0.3 is 14.6 Å². The van der Waals surface area contributed by atoms with E-state index in [4.69, 9.17) is 9.26 Å². The quantitative estimate of drug-likeness (QED) is 0.897. The highest BCUT2D eigenvalue weighted by molar-refractivity contribution is 5.05. The van der Waals surface area contributed by atoms with Crippen LogP contribution in [0.25, 0.3) is 0 Å². The van der Waals surface area contributed by atoms with Crippen molar-refractivity contribution < 1.29 is 9.26 Å². The van der Waals surface area contributed by atoms with Crippen molar-refractivity contribution in [2.45, 2.75) is 63.3 Å². The first-order chi connectivity index (χ1) is 9.88. The van der Waals surface area contributed by atoms with Crippen LogP contribution in [-0.2, 0) is 4.74 Å². The summed E-state index contributed by atoms with van der Waals surface area (Å²) in [6.45, 7) is 4.61. The molecule has 2 heterocycles. The number of aromatic nitrogens is 2. The molecule has 1 aliphatic carbocycles. The SMILES string of the molecule is CCCNC1COCC1c1nc(C2CCCCC2)no1. The summed E-state index contributed by atoms with van der Waals surface area (Å²) in [5.74, 6) is 2.40. The maximum Gasteiger partial charge on any atom is 0.233 e. The Balaban J connectivity index is 1.65. The van der Waals surface area contributed by atoms with E-state index in [1.165, 1.54) is 32.1 Å². The molecule has 5 heteroatoms. The van der Waals surface area contributed by atoms with Crippen LogP contribution in [0.3, 0.4) is 0 Å². The number of ether oxygens (including phenoxy) is 1. The van der Waals surface area contributed by atoms with Crippen LogP contribution >= 0.6 is 0 Å². The first-order valence-electron chi connectivity index (χ1n) is 8.03. The van der Waals surface area contributed by atoms with Crippen molar-refractivity contribution in [3.05, 3.63) is 11.7 Å². The highest BCUT2D eigenvalue weighted by atomic mass is 16.5. The van der Waals surface area contributed by atoms with Crippen LogP contribution in [0.4, 0.5) is 0 Å². The molecule has 2 atom stereocenters. The van der Waals surface area contributed by atoms with Crippen LogP contribution in [0.5, 0.6) is 0 Å². The van der Waals surface area contributed by atoms with E-state index in [-0.39, 0.29) is 5.92 Å². The zero-order valence-electron chi connectivity index (χ0n) is 12.3. The molecule has 1 aliphatic heterocycles. The number of hydrogen-bond donors (Lipinski definition) is 1. The molecule has 2 unspecified atom stereocenters. The Labute approximate surface area is 120 Å². The van der Waals surface area contributed by atoms with Crippen molar-refractivity contribution in [2.24, 2.45) is 0 Å². The van der Waals surface area contributed by atoms with Crippen LogP contribution in [0.15, 0.2) is 4.52 Å². The molecule has 112 valence electrons. The normalized spacial score (nSPS) is 28.1. The summed E-state index contributed by atoms with van der Waals surface area (Å²) in [5.41, 5.74) is 0. The van der Waals surface area contributed by atoms with Gasteiger partial charge in [-0.15, -0.1) is 0 Å². The summed E-state index contributed by atoms with van der Waals surface area (Å²) in [4.78, 5) is 4.68. The number of hydrogen-bond acceptors (Lipinski definition) is 5. The lowest BCUT2D eigenvalue weighted by molar-refractivity contribution is 0.184. The molecule has 0 aromatic carbocycles. The minimum absolute atomic E-state index is 0.214. The van der Waals surface area contributed by atoms with Gasteiger partial charge in [0.25, 0.3) is 0 Å². The van der Waals surface area contributed by atoms with E-state index in [0.717, 1.165) is 31.3 Å². The van der Waals surface area contributed by atoms with Gasteiger partial charge in [0.1, 0.15) is 0 Å². The Morgan fingerprint density at radius 1 is 1.20 bits per heavy atom. The van der Waals surface area contributed by atoms with E-state index in [1.807, 2.05) is 0 Å². The molecule has 0 bridgehead atoms. The molecule has 1 saturated carbocycles. The van der Waals surface area contributed by atoms with Gasteiger partial charge in [-0.25, -0.2) is 0 Å². The Kier molecular flexibility index (Phi) is 4.68. The minimum atomic E-state index is 0.214. The molecule has 1 saturated heterocycles. The van der Waals surface area contributed by atoms with E-state index in [1.54, 1.807) is 0 Å². The molecule has 20 heavy (non-hydrogen) atoms. The molecule has 1 aromatic rings. The van der Waals surface area contributed by atoms with Gasteiger partial charge in [-0.2, -0.15) is 4.98 Å². The molecule has 0 radical (unpaired) electrons. The van der Waals surface area contributed by atoms with E-state index >= 15 is 0 Å². The van der Waals surface area contributed by atoms with Crippen molar-refractivity contribution in [1.29, 1.82) is 0 Å². The standard InChI is InChI=1S/C15H25N3O2/c1-2-8-16-13-10-19-9-12(13)15-17-14(18-20-15)11-6-4-3-5-7-11/h11-13,16H,2-10H2,1H3. The van der Waals surface area contributed by atoms with Crippen LogP contribution < -0.4 is 5.32 Å². The first kappa shape index (κ1) is 14.0. The Morgan fingerprint density at radius 2 is 2.05 bits per heavy atom. The molecule has 5 nitrogen and oxygen atoms in total. The summed E-state index contributed by atoms with van der Waals surface area (Å²) >= 11 is 0. The van der Waals surface area contributed by atoms with Crippen molar-refractivity contribution in [3.8, 4) is 0 Å². The third-order valence-corrected chi connectivity index (χ3v) is 4.48. The Morgan fingerprint density at radius 3 is 2.85 bits per heavy atom. The molecular weight excluding hydrogens is 254 g/mol. The van der Waals surface area contributed by atoms with Crippen LogP contribution in [0, 0.1) is 0 Å². The average Bonchev–Trinajstić information content (AvgIpc) is 3.14. The average molecular weight is 279 g/mol. The minimum Gasteiger partial charge on any atom is -0.379 e. The van der Waals surface area contributed by atoms with Gasteiger partial charge in [-0.1, -0.05) is 31.3 Å². The van der Waals surface area contributed by atoms with E-state index in [2.05, 4.69) is 22.4 Å². The number of rotatable bonds is 5. The summed E-state index contributed by atoms with van der Waals surface area (Å²) in [5, 5.41) is 7.75. The zero-order chi connectivity index (χ0) is 13.8. The van der Waals surface area contributed by atoms with E-state index in [0.29, 0.717) is 18.6 Å². The Hall–Kier alpha value is -0.940. The maximum absolute atomic E-state index is 5.59. The van der Waals surface area contributed by atoms with Gasteiger partial charge in [-0.05, 0) is 25.8 Å². The van der Waals surface area contributed by atoms with Gasteiger partial charge in [-0.3, -0.25) is 0 Å². The third-order valence-electron chi connectivity index (χ3n) is 4.48. The molecule has 1 N–H and O–H groups in total. The second kappa shape index (κ2) is 6.68. The molecule has 0 amide bonds. The number of nitrogens with one attached hydrogen (secondary N) is 1. The smallest absolute Gasteiger partial charge is 0.233 e. The second-order valence-corrected chi connectivity index (χ2v) is 6.03. The molecule has 1 aromatic heterocycles. The molecule has 0 spiro atoms. The second-order valence-electron chi connectivity index (χ2n) is 6.03. The summed E-state index contributed by atoms with van der Waals surface area (Å²) in [7, 11) is 0. The van der Waals surface area contributed by atoms with Crippen LogP contribution in [0.1, 0.15) is 69.0 Å². The predicted molar refractivity (Wildman–Crippen MR) is 75.8 cm³/mol. The fourth-order valence-corrected chi connectivity index (χ4v) is 3.25. The van der Waals surface area contributed by atoms with Gasteiger partial charge in [0.2, 0.25) is 5.89 Å². The van der Waals surface area contributed by atoms with Gasteiger partial charge in [0.15, 0.2) is 5.82 Å². The Bertz CT molecular complexity index is 415. The number of nitrogens with zero attached hydrogens (tertiary/aromatic N) is 2. The third kappa shape index (κ3) is 3.04. The lowest BCUT2D eigenvalue weighted by Crippen LogP contribution is -2.35. The van der Waals surface area contributed by atoms with Gasteiger partial charge >= 0.3 is 0 Å². The molecule has 3 rings (SSSR count). The maximum atomic E-state index is 5.59. The van der Waals surface area contributed by atoms with Crippen molar-refractivity contribution in [1.82, 2.24) is 15.5 Å².